The van der Waals surface area contributed by atoms with Gasteiger partial charge in [-0.2, -0.15) is 5.10 Å². The Morgan fingerprint density at radius 2 is 1.95 bits per heavy atom. The Bertz CT molecular complexity index is 534. The molecule has 0 aliphatic carbocycles. The summed E-state index contributed by atoms with van der Waals surface area (Å²) in [5.41, 5.74) is 1.13. The Labute approximate surface area is 113 Å². The number of rotatable bonds is 6. The average molecular weight is 260 g/mol. The molecule has 6 nitrogen and oxygen atoms in total. The summed E-state index contributed by atoms with van der Waals surface area (Å²) in [6, 6.07) is 1.93. The lowest BCUT2D eigenvalue weighted by molar-refractivity contribution is 0.767. The van der Waals surface area contributed by atoms with Crippen LogP contribution in [0.1, 0.15) is 24.7 Å². The molecule has 2 rings (SSSR count). The standard InChI is InChI=1S/C13H20N6/c1-4-5-14-12-6-13(18-10(2)17-12)15-7-11-8-16-19(3)9-11/h6,8-9H,4-5,7H2,1-3H3,(H2,14,15,17,18). The molecule has 102 valence electrons. The van der Waals surface area contributed by atoms with Crippen molar-refractivity contribution in [3.05, 3.63) is 29.8 Å². The molecule has 0 radical (unpaired) electrons. The molecule has 0 aliphatic heterocycles. The second-order valence-corrected chi connectivity index (χ2v) is 4.49. The minimum absolute atomic E-state index is 0.706. The summed E-state index contributed by atoms with van der Waals surface area (Å²) >= 11 is 0. The number of hydrogen-bond donors (Lipinski definition) is 2. The van der Waals surface area contributed by atoms with Gasteiger partial charge >= 0.3 is 0 Å². The topological polar surface area (TPSA) is 67.7 Å². The molecule has 19 heavy (non-hydrogen) atoms. The van der Waals surface area contributed by atoms with Gasteiger partial charge in [0.15, 0.2) is 0 Å². The van der Waals surface area contributed by atoms with Crippen molar-refractivity contribution in [1.82, 2.24) is 19.7 Å². The number of nitrogens with one attached hydrogen (secondary N) is 2. The van der Waals surface area contributed by atoms with Crippen molar-refractivity contribution in [2.45, 2.75) is 26.8 Å². The minimum atomic E-state index is 0.706. The molecule has 0 unspecified atom stereocenters. The third-order valence-corrected chi connectivity index (χ3v) is 2.63. The van der Waals surface area contributed by atoms with Crippen molar-refractivity contribution in [2.75, 3.05) is 17.2 Å². The molecule has 0 saturated carbocycles. The van der Waals surface area contributed by atoms with Gasteiger partial charge in [0.2, 0.25) is 0 Å². The van der Waals surface area contributed by atoms with E-state index in [0.29, 0.717) is 6.54 Å². The quantitative estimate of drug-likeness (QED) is 0.831. The van der Waals surface area contributed by atoms with Gasteiger partial charge in [0, 0.05) is 38.0 Å². The van der Waals surface area contributed by atoms with Crippen LogP contribution in [-0.4, -0.2) is 26.3 Å². The van der Waals surface area contributed by atoms with Crippen LogP contribution in [0.5, 0.6) is 0 Å². The zero-order valence-electron chi connectivity index (χ0n) is 11.6. The highest BCUT2D eigenvalue weighted by atomic mass is 15.2. The van der Waals surface area contributed by atoms with E-state index in [-0.39, 0.29) is 0 Å². The summed E-state index contributed by atoms with van der Waals surface area (Å²) < 4.78 is 1.79. The van der Waals surface area contributed by atoms with Crippen molar-refractivity contribution in [3.63, 3.8) is 0 Å². The highest BCUT2D eigenvalue weighted by Gasteiger charge is 2.02. The molecule has 0 amide bonds. The van der Waals surface area contributed by atoms with E-state index in [4.69, 9.17) is 0 Å². The monoisotopic (exact) mass is 260 g/mol. The second-order valence-electron chi connectivity index (χ2n) is 4.49. The zero-order valence-corrected chi connectivity index (χ0v) is 11.6. The first-order valence-corrected chi connectivity index (χ1v) is 6.48. The van der Waals surface area contributed by atoms with E-state index in [0.717, 1.165) is 36.0 Å². The van der Waals surface area contributed by atoms with Crippen LogP contribution in [0, 0.1) is 6.92 Å². The van der Waals surface area contributed by atoms with Crippen LogP contribution in [0.15, 0.2) is 18.5 Å². The molecule has 2 N–H and O–H groups in total. The molecule has 0 fully saturated rings. The maximum Gasteiger partial charge on any atom is 0.132 e. The Morgan fingerprint density at radius 3 is 2.58 bits per heavy atom. The van der Waals surface area contributed by atoms with Gasteiger partial charge in [-0.25, -0.2) is 9.97 Å². The van der Waals surface area contributed by atoms with Gasteiger partial charge in [0.05, 0.1) is 6.20 Å². The van der Waals surface area contributed by atoms with Gasteiger partial charge in [-0.1, -0.05) is 6.92 Å². The summed E-state index contributed by atoms with van der Waals surface area (Å²) in [7, 11) is 1.91. The Kier molecular flexibility index (Phi) is 4.33. The number of anilines is 2. The normalized spacial score (nSPS) is 10.5. The average Bonchev–Trinajstić information content (AvgIpc) is 2.79. The number of aryl methyl sites for hydroxylation is 2. The Morgan fingerprint density at radius 1 is 1.21 bits per heavy atom. The number of hydrogen-bond acceptors (Lipinski definition) is 5. The highest BCUT2D eigenvalue weighted by molar-refractivity contribution is 5.47. The van der Waals surface area contributed by atoms with Crippen LogP contribution in [0.25, 0.3) is 0 Å². The fourth-order valence-corrected chi connectivity index (χ4v) is 1.76. The Balaban J connectivity index is 2.01. The van der Waals surface area contributed by atoms with E-state index in [1.807, 2.05) is 32.4 Å². The fourth-order valence-electron chi connectivity index (χ4n) is 1.76. The molecule has 6 heteroatoms. The van der Waals surface area contributed by atoms with E-state index >= 15 is 0 Å². The maximum absolute atomic E-state index is 4.37. The summed E-state index contributed by atoms with van der Waals surface area (Å²) in [6.45, 7) is 5.64. The van der Waals surface area contributed by atoms with Crippen molar-refractivity contribution in [3.8, 4) is 0 Å². The van der Waals surface area contributed by atoms with Gasteiger partial charge in [-0.3, -0.25) is 4.68 Å². The first kappa shape index (κ1) is 13.3. The van der Waals surface area contributed by atoms with E-state index in [1.54, 1.807) is 4.68 Å². The molecule has 0 spiro atoms. The molecule has 2 aromatic heterocycles. The number of nitrogens with zero attached hydrogens (tertiary/aromatic N) is 4. The SMILES string of the molecule is CCCNc1cc(NCc2cnn(C)c2)nc(C)n1. The lowest BCUT2D eigenvalue weighted by atomic mass is 10.3. The first-order chi connectivity index (χ1) is 9.17. The van der Waals surface area contributed by atoms with Gasteiger partial charge in [0.25, 0.3) is 0 Å². The molecular formula is C13H20N6. The third-order valence-electron chi connectivity index (χ3n) is 2.63. The largest absolute Gasteiger partial charge is 0.370 e. The summed E-state index contributed by atoms with van der Waals surface area (Å²) in [5.74, 6) is 2.45. The molecule has 2 heterocycles. The molecular weight excluding hydrogens is 240 g/mol. The van der Waals surface area contributed by atoms with Gasteiger partial charge in [-0.15, -0.1) is 0 Å². The van der Waals surface area contributed by atoms with Crippen LogP contribution in [0.4, 0.5) is 11.6 Å². The highest BCUT2D eigenvalue weighted by Crippen LogP contribution is 2.12. The van der Waals surface area contributed by atoms with E-state index < -0.39 is 0 Å². The van der Waals surface area contributed by atoms with E-state index in [9.17, 15) is 0 Å². The van der Waals surface area contributed by atoms with Crippen molar-refractivity contribution < 1.29 is 0 Å². The molecule has 2 aromatic rings. The fraction of sp³-hybridized carbons (Fsp3) is 0.462. The van der Waals surface area contributed by atoms with E-state index in [2.05, 4.69) is 32.6 Å². The van der Waals surface area contributed by atoms with Crippen LogP contribution in [0.2, 0.25) is 0 Å². The molecule has 0 aliphatic rings. The summed E-state index contributed by atoms with van der Waals surface area (Å²) in [5, 5.41) is 10.7. The van der Waals surface area contributed by atoms with Gasteiger partial charge in [-0.05, 0) is 13.3 Å². The second kappa shape index (κ2) is 6.17. The van der Waals surface area contributed by atoms with Crippen LogP contribution in [0.3, 0.4) is 0 Å². The Hall–Kier alpha value is -2.11. The number of aromatic nitrogens is 4. The molecule has 0 saturated heterocycles. The van der Waals surface area contributed by atoms with Crippen molar-refractivity contribution >= 4 is 11.6 Å². The van der Waals surface area contributed by atoms with Gasteiger partial charge in [0.1, 0.15) is 17.5 Å². The van der Waals surface area contributed by atoms with E-state index in [1.165, 1.54) is 0 Å². The van der Waals surface area contributed by atoms with Crippen molar-refractivity contribution in [1.29, 1.82) is 0 Å². The lowest BCUT2D eigenvalue weighted by Gasteiger charge is -2.09. The third kappa shape index (κ3) is 3.94. The summed E-state index contributed by atoms with van der Waals surface area (Å²) in [4.78, 5) is 8.73. The predicted octanol–water partition coefficient (Wildman–Crippen LogP) is 1.95. The predicted molar refractivity (Wildman–Crippen MR) is 76.1 cm³/mol. The molecule has 0 bridgehead atoms. The van der Waals surface area contributed by atoms with Crippen LogP contribution >= 0.6 is 0 Å². The van der Waals surface area contributed by atoms with Crippen LogP contribution in [-0.2, 0) is 13.6 Å². The molecule has 0 aromatic carbocycles. The lowest BCUT2D eigenvalue weighted by Crippen LogP contribution is -2.07. The first-order valence-electron chi connectivity index (χ1n) is 6.48. The zero-order chi connectivity index (χ0) is 13.7. The van der Waals surface area contributed by atoms with Gasteiger partial charge < -0.3 is 10.6 Å². The smallest absolute Gasteiger partial charge is 0.132 e. The summed E-state index contributed by atoms with van der Waals surface area (Å²) in [6.07, 6.45) is 4.90. The minimum Gasteiger partial charge on any atom is -0.370 e. The maximum atomic E-state index is 4.37. The van der Waals surface area contributed by atoms with Crippen LogP contribution < -0.4 is 10.6 Å². The van der Waals surface area contributed by atoms with Crippen molar-refractivity contribution in [2.24, 2.45) is 7.05 Å². The molecule has 0 atom stereocenters.